The lowest BCUT2D eigenvalue weighted by Crippen LogP contribution is -2.49. The van der Waals surface area contributed by atoms with E-state index in [1.165, 1.54) is 12.1 Å². The van der Waals surface area contributed by atoms with Gasteiger partial charge in [-0.3, -0.25) is 4.79 Å². The van der Waals surface area contributed by atoms with E-state index in [-0.39, 0.29) is 11.9 Å². The summed E-state index contributed by atoms with van der Waals surface area (Å²) in [7, 11) is 0. The lowest BCUT2D eigenvalue weighted by atomic mass is 9.75. The zero-order valence-electron chi connectivity index (χ0n) is 12.8. The smallest absolute Gasteiger partial charge is 0.321 e. The van der Waals surface area contributed by atoms with Crippen LogP contribution in [0.5, 0.6) is 0 Å². The molecule has 0 saturated heterocycles. The first kappa shape index (κ1) is 15.7. The van der Waals surface area contributed by atoms with Crippen LogP contribution in [0.3, 0.4) is 0 Å². The molecule has 0 spiro atoms. The molecule has 0 bridgehead atoms. The van der Waals surface area contributed by atoms with Crippen molar-refractivity contribution in [3.63, 3.8) is 0 Å². The van der Waals surface area contributed by atoms with E-state index in [2.05, 4.69) is 5.32 Å². The second kappa shape index (κ2) is 6.92. The average Bonchev–Trinajstić information content (AvgIpc) is 2.51. The molecule has 0 heterocycles. The minimum Gasteiger partial charge on any atom is -0.480 e. The van der Waals surface area contributed by atoms with Gasteiger partial charge < -0.3 is 10.4 Å². The summed E-state index contributed by atoms with van der Waals surface area (Å²) in [4.78, 5) is 11.5. The normalized spacial score (nSPS) is 21.4. The van der Waals surface area contributed by atoms with Crippen LogP contribution in [0, 0.1) is 5.82 Å². The molecule has 1 atom stereocenters. The second-order valence-electron chi connectivity index (χ2n) is 6.16. The highest BCUT2D eigenvalue weighted by atomic mass is 19.1. The molecular formula is C19H20FNO2. The summed E-state index contributed by atoms with van der Waals surface area (Å²) in [6.07, 6.45) is 2.27. The summed E-state index contributed by atoms with van der Waals surface area (Å²) in [6, 6.07) is 15.9. The van der Waals surface area contributed by atoms with Crippen molar-refractivity contribution >= 4 is 5.97 Å². The largest absolute Gasteiger partial charge is 0.480 e. The number of carboxylic acid groups (broad SMARTS) is 1. The number of rotatable bonds is 6. The molecule has 4 heteroatoms. The van der Waals surface area contributed by atoms with E-state index >= 15 is 0 Å². The Labute approximate surface area is 135 Å². The van der Waals surface area contributed by atoms with Crippen LogP contribution in [0.25, 0.3) is 0 Å². The molecule has 0 radical (unpaired) electrons. The van der Waals surface area contributed by atoms with Crippen LogP contribution in [-0.4, -0.2) is 23.2 Å². The average molecular weight is 313 g/mol. The molecule has 23 heavy (non-hydrogen) atoms. The van der Waals surface area contributed by atoms with E-state index in [1.54, 1.807) is 0 Å². The van der Waals surface area contributed by atoms with Gasteiger partial charge in [0, 0.05) is 6.04 Å². The van der Waals surface area contributed by atoms with Crippen LogP contribution in [0.1, 0.15) is 29.9 Å². The van der Waals surface area contributed by atoms with Crippen LogP contribution in [0.15, 0.2) is 54.6 Å². The van der Waals surface area contributed by atoms with E-state index in [0.29, 0.717) is 12.3 Å². The van der Waals surface area contributed by atoms with Gasteiger partial charge in [-0.1, -0.05) is 42.5 Å². The summed E-state index contributed by atoms with van der Waals surface area (Å²) in [5.74, 6) is -0.657. The Morgan fingerprint density at radius 3 is 2.39 bits per heavy atom. The number of halogens is 1. The SMILES string of the molecule is O=C(O)[C@@H](Cc1ccccc1)NC1CC(c2ccc(F)cc2)C1. The van der Waals surface area contributed by atoms with Gasteiger partial charge >= 0.3 is 5.97 Å². The van der Waals surface area contributed by atoms with Gasteiger partial charge in [0.05, 0.1) is 0 Å². The maximum Gasteiger partial charge on any atom is 0.321 e. The van der Waals surface area contributed by atoms with Crippen molar-refractivity contribution in [3.8, 4) is 0 Å². The Bertz CT molecular complexity index is 651. The van der Waals surface area contributed by atoms with Crippen molar-refractivity contribution in [2.75, 3.05) is 0 Å². The fourth-order valence-corrected chi connectivity index (χ4v) is 3.11. The van der Waals surface area contributed by atoms with Gasteiger partial charge in [0.15, 0.2) is 0 Å². The summed E-state index contributed by atoms with van der Waals surface area (Å²) < 4.78 is 12.9. The number of aliphatic carboxylic acids is 1. The van der Waals surface area contributed by atoms with E-state index in [9.17, 15) is 14.3 Å². The van der Waals surface area contributed by atoms with Gasteiger partial charge in [0.2, 0.25) is 0 Å². The van der Waals surface area contributed by atoms with Crippen molar-refractivity contribution in [2.24, 2.45) is 0 Å². The Balaban J connectivity index is 1.54. The number of benzene rings is 2. The number of carboxylic acids is 1. The molecule has 3 rings (SSSR count). The molecule has 1 saturated carbocycles. The molecule has 3 nitrogen and oxygen atoms in total. The first-order valence-electron chi connectivity index (χ1n) is 7.90. The number of nitrogens with one attached hydrogen (secondary N) is 1. The third kappa shape index (κ3) is 3.96. The molecule has 0 aromatic heterocycles. The Morgan fingerprint density at radius 1 is 1.13 bits per heavy atom. The van der Waals surface area contributed by atoms with Gasteiger partial charge in [-0.05, 0) is 48.4 Å². The van der Waals surface area contributed by atoms with Crippen molar-refractivity contribution in [3.05, 3.63) is 71.5 Å². The molecule has 2 aromatic rings. The molecule has 0 unspecified atom stereocenters. The van der Waals surface area contributed by atoms with Gasteiger partial charge in [-0.2, -0.15) is 0 Å². The van der Waals surface area contributed by atoms with Crippen molar-refractivity contribution in [2.45, 2.75) is 37.3 Å². The second-order valence-corrected chi connectivity index (χ2v) is 6.16. The predicted molar refractivity (Wildman–Crippen MR) is 86.9 cm³/mol. The molecule has 0 aliphatic heterocycles. The van der Waals surface area contributed by atoms with Crippen molar-refractivity contribution in [1.29, 1.82) is 0 Å². The molecule has 1 fully saturated rings. The molecule has 2 N–H and O–H groups in total. The van der Waals surface area contributed by atoms with E-state index in [1.807, 2.05) is 42.5 Å². The summed E-state index contributed by atoms with van der Waals surface area (Å²) >= 11 is 0. The third-order valence-corrected chi connectivity index (χ3v) is 4.50. The molecule has 2 aromatic carbocycles. The van der Waals surface area contributed by atoms with Gasteiger partial charge in [0.1, 0.15) is 11.9 Å². The first-order chi connectivity index (χ1) is 11.1. The fraction of sp³-hybridized carbons (Fsp3) is 0.316. The van der Waals surface area contributed by atoms with Gasteiger partial charge in [0.25, 0.3) is 0 Å². The molecule has 1 aliphatic carbocycles. The van der Waals surface area contributed by atoms with Gasteiger partial charge in [-0.15, -0.1) is 0 Å². The summed E-state index contributed by atoms with van der Waals surface area (Å²) in [5.41, 5.74) is 2.14. The topological polar surface area (TPSA) is 49.3 Å². The van der Waals surface area contributed by atoms with Crippen LogP contribution >= 0.6 is 0 Å². The van der Waals surface area contributed by atoms with E-state index in [4.69, 9.17) is 0 Å². The van der Waals surface area contributed by atoms with E-state index in [0.717, 1.165) is 24.0 Å². The number of hydrogen-bond acceptors (Lipinski definition) is 2. The van der Waals surface area contributed by atoms with Crippen LogP contribution in [-0.2, 0) is 11.2 Å². The first-order valence-corrected chi connectivity index (χ1v) is 7.90. The van der Waals surface area contributed by atoms with Gasteiger partial charge in [-0.25, -0.2) is 4.39 Å². The van der Waals surface area contributed by atoms with Crippen molar-refractivity contribution < 1.29 is 14.3 Å². The highest BCUT2D eigenvalue weighted by Gasteiger charge is 2.33. The van der Waals surface area contributed by atoms with Crippen LogP contribution in [0.2, 0.25) is 0 Å². The molecule has 1 aliphatic rings. The fourth-order valence-electron chi connectivity index (χ4n) is 3.11. The molecule has 0 amide bonds. The lowest BCUT2D eigenvalue weighted by molar-refractivity contribution is -0.139. The van der Waals surface area contributed by atoms with Crippen LogP contribution in [0.4, 0.5) is 4.39 Å². The van der Waals surface area contributed by atoms with E-state index < -0.39 is 12.0 Å². The zero-order valence-corrected chi connectivity index (χ0v) is 12.8. The highest BCUT2D eigenvalue weighted by Crippen LogP contribution is 2.37. The molecular weight excluding hydrogens is 293 g/mol. The Hall–Kier alpha value is -2.20. The minimum absolute atomic E-state index is 0.204. The monoisotopic (exact) mass is 313 g/mol. The Morgan fingerprint density at radius 2 is 1.78 bits per heavy atom. The molecule has 120 valence electrons. The van der Waals surface area contributed by atoms with Crippen molar-refractivity contribution in [1.82, 2.24) is 5.32 Å². The third-order valence-electron chi connectivity index (χ3n) is 4.50. The summed E-state index contributed by atoms with van der Waals surface area (Å²) in [5, 5.41) is 12.7. The lowest BCUT2D eigenvalue weighted by Gasteiger charge is -2.38. The maximum absolute atomic E-state index is 12.9. The number of carbonyl (C=O) groups is 1. The zero-order chi connectivity index (χ0) is 16.2. The standard InChI is InChI=1S/C19H20FNO2/c20-16-8-6-14(7-9-16)15-11-17(12-15)21-18(19(22)23)10-13-4-2-1-3-5-13/h1-9,15,17-18,21H,10-12H2,(H,22,23)/t15?,17?,18-/m1/s1. The maximum atomic E-state index is 12.9. The minimum atomic E-state index is -0.820. The van der Waals surface area contributed by atoms with Crippen LogP contribution < -0.4 is 5.32 Å². The predicted octanol–water partition coefficient (Wildman–Crippen LogP) is 3.36. The quantitative estimate of drug-likeness (QED) is 0.860. The number of hydrogen-bond donors (Lipinski definition) is 2. The Kier molecular flexibility index (Phi) is 4.72. The highest BCUT2D eigenvalue weighted by molar-refractivity contribution is 5.74. The summed E-state index contributed by atoms with van der Waals surface area (Å²) in [6.45, 7) is 0.